The first-order chi connectivity index (χ1) is 24.9. The Kier molecular flexibility index (Phi) is 6.92. The molecule has 250 valence electrons. The molecule has 0 saturated carbocycles. The molecular formula is C39H31N9O3. The molecule has 0 aliphatic carbocycles. The van der Waals surface area contributed by atoms with Gasteiger partial charge in [-0.15, -0.1) is 0 Å². The highest BCUT2D eigenvalue weighted by Gasteiger charge is 2.26. The summed E-state index contributed by atoms with van der Waals surface area (Å²) in [5.74, 6) is 1.44. The molecule has 10 rings (SSSR count). The summed E-state index contributed by atoms with van der Waals surface area (Å²) in [4.78, 5) is 50.8. The van der Waals surface area contributed by atoms with Crippen molar-refractivity contribution in [1.29, 1.82) is 0 Å². The van der Waals surface area contributed by atoms with Gasteiger partial charge >= 0.3 is 0 Å². The van der Waals surface area contributed by atoms with E-state index in [2.05, 4.69) is 46.6 Å². The van der Waals surface area contributed by atoms with Crippen molar-refractivity contribution in [3.8, 4) is 28.4 Å². The molecule has 2 aliphatic heterocycles. The van der Waals surface area contributed by atoms with Gasteiger partial charge in [0.25, 0.3) is 11.8 Å². The number of methoxy groups -OCH3 is 1. The van der Waals surface area contributed by atoms with Gasteiger partial charge in [-0.1, -0.05) is 24.3 Å². The molecular weight excluding hydrogens is 642 g/mol. The summed E-state index contributed by atoms with van der Waals surface area (Å²) in [6, 6.07) is 19.8. The molecule has 2 aliphatic rings. The van der Waals surface area contributed by atoms with Crippen LogP contribution in [0, 0.1) is 0 Å². The summed E-state index contributed by atoms with van der Waals surface area (Å²) in [7, 11) is 5.52. The Morgan fingerprint density at radius 1 is 0.608 bits per heavy atom. The smallest absolute Gasteiger partial charge is 0.254 e. The minimum atomic E-state index is -0.0192. The third-order valence-corrected chi connectivity index (χ3v) is 9.55. The predicted molar refractivity (Wildman–Crippen MR) is 197 cm³/mol. The van der Waals surface area contributed by atoms with Crippen LogP contribution in [0.3, 0.4) is 0 Å². The number of nitrogens with one attached hydrogen (secondary N) is 4. The maximum absolute atomic E-state index is 12.1. The summed E-state index contributed by atoms with van der Waals surface area (Å²) in [5.41, 5.74) is 8.94. The zero-order chi connectivity index (χ0) is 34.8. The van der Waals surface area contributed by atoms with Crippen LogP contribution < -0.4 is 20.3 Å². The predicted octanol–water partition coefficient (Wildman–Crippen LogP) is 6.12. The van der Waals surface area contributed by atoms with Crippen molar-refractivity contribution < 1.29 is 14.3 Å². The van der Waals surface area contributed by atoms with Crippen molar-refractivity contribution in [3.05, 3.63) is 108 Å². The van der Waals surface area contributed by atoms with Crippen molar-refractivity contribution in [2.24, 2.45) is 0 Å². The zero-order valence-electron chi connectivity index (χ0n) is 28.0. The topological polar surface area (TPSA) is 154 Å². The number of aromatic amines is 2. The number of fused-ring (bicyclic) bond motifs is 10. The number of H-pyrrole nitrogens is 2. The van der Waals surface area contributed by atoms with Crippen molar-refractivity contribution in [1.82, 2.24) is 40.5 Å². The molecule has 6 aromatic heterocycles. The average molecular weight is 674 g/mol. The Morgan fingerprint density at radius 2 is 1.14 bits per heavy atom. The quantitative estimate of drug-likeness (QED) is 0.174. The van der Waals surface area contributed by atoms with E-state index in [0.717, 1.165) is 94.2 Å². The fourth-order valence-corrected chi connectivity index (χ4v) is 6.94. The fourth-order valence-electron chi connectivity index (χ4n) is 6.94. The van der Waals surface area contributed by atoms with Crippen LogP contribution in [-0.4, -0.2) is 62.9 Å². The lowest BCUT2D eigenvalue weighted by atomic mass is 10.0. The van der Waals surface area contributed by atoms with E-state index in [1.54, 1.807) is 13.3 Å². The van der Waals surface area contributed by atoms with Crippen LogP contribution in [-0.2, 0) is 13.1 Å². The molecule has 0 atom stereocenters. The van der Waals surface area contributed by atoms with Gasteiger partial charge in [0.15, 0.2) is 0 Å². The normalized spacial score (nSPS) is 13.2. The fraction of sp³-hybridized carbons (Fsp3) is 0.128. The number of ether oxygens (including phenoxy) is 1. The molecule has 51 heavy (non-hydrogen) atoms. The lowest BCUT2D eigenvalue weighted by molar-refractivity contribution is 0.0959. The number of nitrogens with zero attached hydrogens (tertiary/aromatic N) is 5. The van der Waals surface area contributed by atoms with Crippen molar-refractivity contribution >= 4 is 61.0 Å². The Hall–Kier alpha value is -6.82. The highest BCUT2D eigenvalue weighted by molar-refractivity contribution is 6.18. The molecule has 0 radical (unpaired) electrons. The van der Waals surface area contributed by atoms with E-state index in [-0.39, 0.29) is 11.8 Å². The number of aromatic nitrogens is 6. The molecule has 0 bridgehead atoms. The van der Waals surface area contributed by atoms with Gasteiger partial charge in [-0.25, -0.2) is 9.97 Å². The Bertz CT molecular complexity index is 2700. The van der Waals surface area contributed by atoms with E-state index in [9.17, 15) is 9.59 Å². The highest BCUT2D eigenvalue weighted by atomic mass is 16.5. The number of benzene rings is 2. The van der Waals surface area contributed by atoms with E-state index in [1.165, 1.54) is 0 Å². The zero-order valence-corrected chi connectivity index (χ0v) is 28.0. The van der Waals surface area contributed by atoms with Gasteiger partial charge in [-0.3, -0.25) is 19.6 Å². The molecule has 0 fully saturated rings. The summed E-state index contributed by atoms with van der Waals surface area (Å²) in [5, 5.41) is 11.8. The van der Waals surface area contributed by atoms with Crippen molar-refractivity contribution in [2.45, 2.75) is 13.1 Å². The van der Waals surface area contributed by atoms with E-state index in [0.29, 0.717) is 19.0 Å². The molecule has 8 heterocycles. The van der Waals surface area contributed by atoms with E-state index >= 15 is 0 Å². The number of anilines is 1. The number of carbonyl (C=O) groups excluding carboxylic acids is 2. The highest BCUT2D eigenvalue weighted by Crippen LogP contribution is 2.35. The number of pyridine rings is 4. The van der Waals surface area contributed by atoms with Crippen LogP contribution in [0.5, 0.6) is 5.88 Å². The summed E-state index contributed by atoms with van der Waals surface area (Å²) in [6.07, 6.45) is 7.30. The second-order valence-electron chi connectivity index (χ2n) is 12.8. The number of hydrogen-bond acceptors (Lipinski definition) is 8. The van der Waals surface area contributed by atoms with E-state index in [4.69, 9.17) is 4.74 Å². The van der Waals surface area contributed by atoms with Crippen LogP contribution >= 0.6 is 0 Å². The minimum Gasteiger partial charge on any atom is -0.481 e. The molecule has 0 spiro atoms. The second-order valence-corrected chi connectivity index (χ2v) is 12.8. The van der Waals surface area contributed by atoms with Crippen LogP contribution in [0.1, 0.15) is 32.1 Å². The van der Waals surface area contributed by atoms with Gasteiger partial charge in [0.2, 0.25) is 5.88 Å². The molecule has 2 amide bonds. The lowest BCUT2D eigenvalue weighted by Crippen LogP contribution is -2.13. The molecule has 12 nitrogen and oxygen atoms in total. The third kappa shape index (κ3) is 4.99. The molecule has 2 aromatic carbocycles. The monoisotopic (exact) mass is 673 g/mol. The number of rotatable bonds is 4. The van der Waals surface area contributed by atoms with Gasteiger partial charge in [-0.05, 0) is 30.3 Å². The second kappa shape index (κ2) is 11.7. The molecule has 4 N–H and O–H groups in total. The largest absolute Gasteiger partial charge is 0.481 e. The Labute approximate surface area is 290 Å². The molecule has 8 aromatic rings. The van der Waals surface area contributed by atoms with Gasteiger partial charge in [-0.2, -0.15) is 0 Å². The third-order valence-electron chi connectivity index (χ3n) is 9.55. The maximum atomic E-state index is 12.1. The van der Waals surface area contributed by atoms with Gasteiger partial charge in [0, 0.05) is 99.8 Å². The van der Waals surface area contributed by atoms with Crippen LogP contribution in [0.25, 0.3) is 65.9 Å². The summed E-state index contributed by atoms with van der Waals surface area (Å²) >= 11 is 0. The van der Waals surface area contributed by atoms with E-state index < -0.39 is 0 Å². The molecule has 0 saturated heterocycles. The molecule has 12 heteroatoms. The van der Waals surface area contributed by atoms with Crippen LogP contribution in [0.2, 0.25) is 0 Å². The first-order valence-electron chi connectivity index (χ1n) is 16.4. The van der Waals surface area contributed by atoms with E-state index in [1.807, 2.05) is 92.2 Å². The standard InChI is InChI=1S/C20H17N5O.C19H14N4O2/c1-25(2)17-6-4-12(9-22-17)15-7-14-11(8-21-15)3-5-13-18-16(24-19(13)14)10-23-20(18)26;1-25-16-5-3-11(8-21-16)14-6-13-10(7-20-14)2-4-12-17-15(23-18(12)13)9-22-19(17)24/h3-9,24H,10H2,1-2H3,(H,23,26);2-8,23H,9H2,1H3,(H,22,24). The van der Waals surface area contributed by atoms with Crippen LogP contribution in [0.15, 0.2) is 85.5 Å². The maximum Gasteiger partial charge on any atom is 0.254 e. The number of hydrogen-bond donors (Lipinski definition) is 4. The summed E-state index contributed by atoms with van der Waals surface area (Å²) in [6.45, 7) is 1.10. The van der Waals surface area contributed by atoms with Crippen LogP contribution in [0.4, 0.5) is 5.82 Å². The van der Waals surface area contributed by atoms with Crippen molar-refractivity contribution in [3.63, 3.8) is 0 Å². The SMILES string of the molecule is CN(C)c1ccc(-c2cc3c(ccc4c5c([nH]c43)CNC5=O)cn2)cn1.COc1ccc(-c2cc3c(ccc4c5c([nH]c43)CNC5=O)cn2)cn1. The summed E-state index contributed by atoms with van der Waals surface area (Å²) < 4.78 is 5.10. The van der Waals surface area contributed by atoms with Gasteiger partial charge in [0.05, 0.1) is 53.7 Å². The first-order valence-corrected chi connectivity index (χ1v) is 16.4. The van der Waals surface area contributed by atoms with Gasteiger partial charge in [0.1, 0.15) is 5.82 Å². The van der Waals surface area contributed by atoms with Crippen molar-refractivity contribution in [2.75, 3.05) is 26.1 Å². The Balaban J connectivity index is 0.000000137. The first kappa shape index (κ1) is 30.3. The van der Waals surface area contributed by atoms with Gasteiger partial charge < -0.3 is 30.2 Å². The number of amides is 2. The minimum absolute atomic E-state index is 0.0108. The number of carbonyl (C=O) groups is 2. The molecule has 0 unspecified atom stereocenters. The lowest BCUT2D eigenvalue weighted by Gasteiger charge is -2.11. The Morgan fingerprint density at radius 3 is 1.59 bits per heavy atom. The average Bonchev–Trinajstić information content (AvgIpc) is 3.93.